The minimum Gasteiger partial charge on any atom is -0.493 e. The highest BCUT2D eigenvalue weighted by Crippen LogP contribution is 2.38. The van der Waals surface area contributed by atoms with Crippen LogP contribution in [0.2, 0.25) is 0 Å². The second-order valence-electron chi connectivity index (χ2n) is 7.85. The van der Waals surface area contributed by atoms with Gasteiger partial charge in [0.2, 0.25) is 5.75 Å². The van der Waals surface area contributed by atoms with Crippen molar-refractivity contribution >= 4 is 17.2 Å². The van der Waals surface area contributed by atoms with Gasteiger partial charge in [-0.05, 0) is 43.8 Å². The molecule has 3 aromatic rings. The molecule has 1 N–H and O–H groups in total. The molecule has 8 nitrogen and oxygen atoms in total. The Bertz CT molecular complexity index is 1050. The Morgan fingerprint density at radius 1 is 1.09 bits per heavy atom. The van der Waals surface area contributed by atoms with E-state index in [1.54, 1.807) is 23.5 Å². The SMILES string of the molecule is COc1cc(C(=O)NC[C@H](C)Oc2cccc(CN(C)Cc3cscn3)c2)cc(OC)c1OC. The molecular formula is C25H31N3O5S. The van der Waals surface area contributed by atoms with Gasteiger partial charge in [0.15, 0.2) is 11.5 Å². The molecule has 34 heavy (non-hydrogen) atoms. The second-order valence-corrected chi connectivity index (χ2v) is 8.57. The zero-order valence-electron chi connectivity index (χ0n) is 20.2. The number of rotatable bonds is 12. The normalized spacial score (nSPS) is 11.7. The molecule has 9 heteroatoms. The van der Waals surface area contributed by atoms with Crippen LogP contribution in [0.15, 0.2) is 47.3 Å². The maximum Gasteiger partial charge on any atom is 0.251 e. The molecule has 1 amide bonds. The molecule has 0 aliphatic rings. The van der Waals surface area contributed by atoms with Gasteiger partial charge in [-0.1, -0.05) is 12.1 Å². The number of hydrogen-bond donors (Lipinski definition) is 1. The molecule has 3 rings (SSSR count). The van der Waals surface area contributed by atoms with Crippen LogP contribution in [0, 0.1) is 0 Å². The lowest BCUT2D eigenvalue weighted by atomic mass is 10.1. The fraction of sp³-hybridized carbons (Fsp3) is 0.360. The standard InChI is InChI=1S/C25H31N3O5S/c1-17(12-26-25(29)19-10-22(30-3)24(32-5)23(11-19)31-4)33-21-8-6-7-18(9-21)13-28(2)14-20-15-34-16-27-20/h6-11,15-17H,12-14H2,1-5H3,(H,26,29)/t17-/m0/s1. The van der Waals surface area contributed by atoms with E-state index in [-0.39, 0.29) is 12.0 Å². The summed E-state index contributed by atoms with van der Waals surface area (Å²) in [5, 5.41) is 4.96. The van der Waals surface area contributed by atoms with Crippen LogP contribution < -0.4 is 24.3 Å². The number of amides is 1. The third-order valence-corrected chi connectivity index (χ3v) is 5.72. The number of methoxy groups -OCH3 is 3. The van der Waals surface area contributed by atoms with Gasteiger partial charge >= 0.3 is 0 Å². The summed E-state index contributed by atoms with van der Waals surface area (Å²) in [6, 6.07) is 11.2. The quantitative estimate of drug-likeness (QED) is 0.415. The van der Waals surface area contributed by atoms with E-state index in [0.717, 1.165) is 30.1 Å². The summed E-state index contributed by atoms with van der Waals surface area (Å²) in [6.07, 6.45) is -0.228. The van der Waals surface area contributed by atoms with E-state index < -0.39 is 0 Å². The Balaban J connectivity index is 1.55. The molecule has 0 saturated heterocycles. The molecule has 0 saturated carbocycles. The Morgan fingerprint density at radius 3 is 2.44 bits per heavy atom. The number of nitrogens with one attached hydrogen (secondary N) is 1. The van der Waals surface area contributed by atoms with Crippen LogP contribution in [0.3, 0.4) is 0 Å². The monoisotopic (exact) mass is 485 g/mol. The second kappa shape index (κ2) is 12.2. The molecule has 0 aliphatic carbocycles. The lowest BCUT2D eigenvalue weighted by Gasteiger charge is -2.19. The summed E-state index contributed by atoms with van der Waals surface area (Å²) in [6.45, 7) is 3.82. The summed E-state index contributed by atoms with van der Waals surface area (Å²) >= 11 is 1.60. The van der Waals surface area contributed by atoms with Gasteiger partial charge in [0, 0.05) is 24.0 Å². The smallest absolute Gasteiger partial charge is 0.251 e. The number of ether oxygens (including phenoxy) is 4. The molecule has 1 atom stereocenters. The zero-order valence-corrected chi connectivity index (χ0v) is 21.0. The van der Waals surface area contributed by atoms with Crippen molar-refractivity contribution < 1.29 is 23.7 Å². The number of aromatic nitrogens is 1. The first-order valence-electron chi connectivity index (χ1n) is 10.8. The van der Waals surface area contributed by atoms with E-state index in [1.807, 2.05) is 30.6 Å². The lowest BCUT2D eigenvalue weighted by Crippen LogP contribution is -2.33. The third kappa shape index (κ3) is 6.85. The largest absolute Gasteiger partial charge is 0.493 e. The Hall–Kier alpha value is -3.30. The summed E-state index contributed by atoms with van der Waals surface area (Å²) < 4.78 is 22.0. The van der Waals surface area contributed by atoms with Crippen molar-refractivity contribution in [3.63, 3.8) is 0 Å². The molecule has 2 aromatic carbocycles. The first-order valence-corrected chi connectivity index (χ1v) is 11.8. The molecule has 0 bridgehead atoms. The van der Waals surface area contributed by atoms with Crippen molar-refractivity contribution in [2.75, 3.05) is 34.9 Å². The molecule has 1 aromatic heterocycles. The Labute approximate surface area is 204 Å². The topological polar surface area (TPSA) is 82.2 Å². The van der Waals surface area contributed by atoms with Gasteiger partial charge in [-0.25, -0.2) is 4.98 Å². The molecule has 0 aliphatic heterocycles. The molecule has 1 heterocycles. The summed E-state index contributed by atoms with van der Waals surface area (Å²) in [7, 11) is 6.61. The van der Waals surface area contributed by atoms with Crippen molar-refractivity contribution in [2.24, 2.45) is 0 Å². The summed E-state index contributed by atoms with van der Waals surface area (Å²) in [5.41, 5.74) is 4.46. The fourth-order valence-electron chi connectivity index (χ4n) is 3.50. The average molecular weight is 486 g/mol. The Morgan fingerprint density at radius 2 is 1.82 bits per heavy atom. The van der Waals surface area contributed by atoms with Crippen LogP contribution >= 0.6 is 11.3 Å². The number of hydrogen-bond acceptors (Lipinski definition) is 8. The first kappa shape index (κ1) is 25.3. The predicted molar refractivity (Wildman–Crippen MR) is 132 cm³/mol. The number of carbonyl (C=O) groups is 1. The molecular weight excluding hydrogens is 454 g/mol. The average Bonchev–Trinajstić information content (AvgIpc) is 3.34. The highest BCUT2D eigenvalue weighted by Gasteiger charge is 2.17. The maximum absolute atomic E-state index is 12.7. The summed E-state index contributed by atoms with van der Waals surface area (Å²) in [5.74, 6) is 1.79. The highest BCUT2D eigenvalue weighted by molar-refractivity contribution is 7.07. The third-order valence-electron chi connectivity index (χ3n) is 5.08. The van der Waals surface area contributed by atoms with Gasteiger partial charge in [-0.3, -0.25) is 9.69 Å². The van der Waals surface area contributed by atoms with Gasteiger partial charge in [-0.2, -0.15) is 0 Å². The number of thiazole rings is 1. The van der Waals surface area contributed by atoms with Gasteiger partial charge in [-0.15, -0.1) is 11.3 Å². The van der Waals surface area contributed by atoms with E-state index in [1.165, 1.54) is 21.3 Å². The summed E-state index contributed by atoms with van der Waals surface area (Å²) in [4.78, 5) is 19.3. The zero-order chi connectivity index (χ0) is 24.5. The first-order chi connectivity index (χ1) is 16.4. The van der Waals surface area contributed by atoms with Crippen molar-refractivity contribution in [1.82, 2.24) is 15.2 Å². The van der Waals surface area contributed by atoms with Gasteiger partial charge in [0.25, 0.3) is 5.91 Å². The van der Waals surface area contributed by atoms with Crippen LogP contribution in [-0.2, 0) is 13.1 Å². The van der Waals surface area contributed by atoms with E-state index in [4.69, 9.17) is 18.9 Å². The number of benzene rings is 2. The predicted octanol–water partition coefficient (Wildman–Crippen LogP) is 4.00. The fourth-order valence-corrected chi connectivity index (χ4v) is 4.05. The van der Waals surface area contributed by atoms with Crippen molar-refractivity contribution in [3.8, 4) is 23.0 Å². The lowest BCUT2D eigenvalue weighted by molar-refractivity contribution is 0.0931. The van der Waals surface area contributed by atoms with Crippen LogP contribution in [0.5, 0.6) is 23.0 Å². The maximum atomic E-state index is 12.7. The van der Waals surface area contributed by atoms with E-state index in [9.17, 15) is 4.79 Å². The molecule has 0 fully saturated rings. The highest BCUT2D eigenvalue weighted by atomic mass is 32.1. The van der Waals surface area contributed by atoms with Crippen LogP contribution in [0.4, 0.5) is 0 Å². The van der Waals surface area contributed by atoms with Gasteiger partial charge < -0.3 is 24.3 Å². The minimum absolute atomic E-state index is 0.228. The van der Waals surface area contributed by atoms with Crippen LogP contribution in [-0.4, -0.2) is 56.8 Å². The van der Waals surface area contributed by atoms with E-state index in [2.05, 4.69) is 33.7 Å². The number of carbonyl (C=O) groups excluding carboxylic acids is 1. The molecule has 0 spiro atoms. The number of nitrogens with zero attached hydrogens (tertiary/aromatic N) is 2. The van der Waals surface area contributed by atoms with Gasteiger partial charge in [0.1, 0.15) is 11.9 Å². The molecule has 0 unspecified atom stereocenters. The van der Waals surface area contributed by atoms with E-state index in [0.29, 0.717) is 29.4 Å². The molecule has 182 valence electrons. The minimum atomic E-state index is -0.257. The van der Waals surface area contributed by atoms with E-state index >= 15 is 0 Å². The van der Waals surface area contributed by atoms with Crippen LogP contribution in [0.25, 0.3) is 0 Å². The van der Waals surface area contributed by atoms with Crippen molar-refractivity contribution in [1.29, 1.82) is 0 Å². The van der Waals surface area contributed by atoms with Crippen LogP contribution in [0.1, 0.15) is 28.5 Å². The molecule has 0 radical (unpaired) electrons. The van der Waals surface area contributed by atoms with Gasteiger partial charge in [0.05, 0.1) is 39.1 Å². The Kier molecular flexibility index (Phi) is 9.12. The van der Waals surface area contributed by atoms with Crippen molar-refractivity contribution in [2.45, 2.75) is 26.1 Å². The van der Waals surface area contributed by atoms with Crippen molar-refractivity contribution in [3.05, 3.63) is 64.1 Å².